The average Bonchev–Trinajstić information content (AvgIpc) is 3.25. The monoisotopic (exact) mass is 278 g/mol. The molecular weight excluding hydrogens is 260 g/mol. The van der Waals surface area contributed by atoms with Crippen LogP contribution in [0.1, 0.15) is 18.4 Å². The van der Waals surface area contributed by atoms with E-state index in [4.69, 9.17) is 11.6 Å². The Hall–Kier alpha value is -1.22. The summed E-state index contributed by atoms with van der Waals surface area (Å²) in [5.41, 5.74) is 2.44. The first-order valence-electron chi connectivity index (χ1n) is 6.95. The maximum Gasteiger partial charge on any atom is 0.225 e. The van der Waals surface area contributed by atoms with Crippen molar-refractivity contribution in [1.82, 2.24) is 4.90 Å². The average molecular weight is 279 g/mol. The second-order valence-electron chi connectivity index (χ2n) is 5.52. The molecule has 1 aromatic carbocycles. The number of rotatable bonds is 2. The third-order valence-electron chi connectivity index (χ3n) is 4.03. The van der Waals surface area contributed by atoms with Crippen molar-refractivity contribution in [2.75, 3.05) is 31.1 Å². The molecule has 3 rings (SSSR count). The number of hydrogen-bond acceptors (Lipinski definition) is 2. The summed E-state index contributed by atoms with van der Waals surface area (Å²) in [4.78, 5) is 16.4. The van der Waals surface area contributed by atoms with Crippen molar-refractivity contribution in [3.05, 3.63) is 28.8 Å². The van der Waals surface area contributed by atoms with Crippen molar-refractivity contribution >= 4 is 23.2 Å². The lowest BCUT2D eigenvalue weighted by atomic mass is 10.1. The molecule has 1 amide bonds. The van der Waals surface area contributed by atoms with Gasteiger partial charge in [-0.25, -0.2) is 0 Å². The molecule has 1 saturated carbocycles. The molecule has 102 valence electrons. The van der Waals surface area contributed by atoms with Crippen LogP contribution in [0.3, 0.4) is 0 Å². The number of aryl methyl sites for hydroxylation is 1. The minimum Gasteiger partial charge on any atom is -0.368 e. The van der Waals surface area contributed by atoms with E-state index in [1.165, 1.54) is 11.3 Å². The normalized spacial score (nSPS) is 19.7. The zero-order chi connectivity index (χ0) is 13.4. The van der Waals surface area contributed by atoms with E-state index in [1.54, 1.807) is 0 Å². The van der Waals surface area contributed by atoms with Gasteiger partial charge in [-0.05, 0) is 37.5 Å². The van der Waals surface area contributed by atoms with Gasteiger partial charge in [0.1, 0.15) is 0 Å². The van der Waals surface area contributed by atoms with Gasteiger partial charge in [-0.3, -0.25) is 4.79 Å². The van der Waals surface area contributed by atoms with E-state index >= 15 is 0 Å². The van der Waals surface area contributed by atoms with Crippen molar-refractivity contribution in [1.29, 1.82) is 0 Å². The van der Waals surface area contributed by atoms with Crippen molar-refractivity contribution in [2.45, 2.75) is 19.8 Å². The molecule has 0 radical (unpaired) electrons. The molecule has 1 aliphatic heterocycles. The minimum atomic E-state index is 0.333. The van der Waals surface area contributed by atoms with Crippen molar-refractivity contribution in [3.8, 4) is 0 Å². The lowest BCUT2D eigenvalue weighted by molar-refractivity contribution is -0.132. The molecule has 0 spiro atoms. The van der Waals surface area contributed by atoms with Gasteiger partial charge >= 0.3 is 0 Å². The van der Waals surface area contributed by atoms with E-state index in [0.717, 1.165) is 44.0 Å². The number of carbonyl (C=O) groups excluding carboxylic acids is 1. The lowest BCUT2D eigenvalue weighted by Gasteiger charge is -2.37. The van der Waals surface area contributed by atoms with Crippen LogP contribution in [0.5, 0.6) is 0 Å². The van der Waals surface area contributed by atoms with Crippen LogP contribution in [0.15, 0.2) is 18.2 Å². The highest BCUT2D eigenvalue weighted by molar-refractivity contribution is 6.30. The molecule has 2 aliphatic rings. The minimum absolute atomic E-state index is 0.333. The summed E-state index contributed by atoms with van der Waals surface area (Å²) < 4.78 is 0. The molecule has 19 heavy (non-hydrogen) atoms. The van der Waals surface area contributed by atoms with Crippen LogP contribution in [0.2, 0.25) is 5.02 Å². The molecule has 0 unspecified atom stereocenters. The summed E-state index contributed by atoms with van der Waals surface area (Å²) in [7, 11) is 0. The Morgan fingerprint density at radius 1 is 1.21 bits per heavy atom. The van der Waals surface area contributed by atoms with Gasteiger partial charge in [-0.1, -0.05) is 17.7 Å². The lowest BCUT2D eigenvalue weighted by Crippen LogP contribution is -2.49. The number of anilines is 1. The van der Waals surface area contributed by atoms with Crippen LogP contribution in [0.25, 0.3) is 0 Å². The molecule has 4 heteroatoms. The zero-order valence-electron chi connectivity index (χ0n) is 11.2. The first-order chi connectivity index (χ1) is 9.15. The van der Waals surface area contributed by atoms with Crippen molar-refractivity contribution < 1.29 is 4.79 Å². The molecule has 0 aromatic heterocycles. The van der Waals surface area contributed by atoms with Gasteiger partial charge in [-0.15, -0.1) is 0 Å². The van der Waals surface area contributed by atoms with Crippen molar-refractivity contribution in [3.63, 3.8) is 0 Å². The Labute approximate surface area is 119 Å². The van der Waals surface area contributed by atoms with E-state index < -0.39 is 0 Å². The fraction of sp³-hybridized carbons (Fsp3) is 0.533. The fourth-order valence-corrected chi connectivity index (χ4v) is 2.85. The molecule has 3 nitrogen and oxygen atoms in total. The van der Waals surface area contributed by atoms with E-state index in [0.29, 0.717) is 11.8 Å². The summed E-state index contributed by atoms with van der Waals surface area (Å²) in [5, 5.41) is 0.775. The summed E-state index contributed by atoms with van der Waals surface area (Å²) >= 11 is 6.07. The van der Waals surface area contributed by atoms with Gasteiger partial charge in [0.2, 0.25) is 5.91 Å². The van der Waals surface area contributed by atoms with Crippen LogP contribution in [0, 0.1) is 12.8 Å². The van der Waals surface area contributed by atoms with Crippen LogP contribution in [-0.4, -0.2) is 37.0 Å². The predicted octanol–water partition coefficient (Wildman–Crippen LogP) is 2.71. The van der Waals surface area contributed by atoms with Crippen LogP contribution in [0.4, 0.5) is 5.69 Å². The first-order valence-corrected chi connectivity index (χ1v) is 7.33. The summed E-state index contributed by atoms with van der Waals surface area (Å²) in [6, 6.07) is 6.00. The van der Waals surface area contributed by atoms with E-state index in [1.807, 2.05) is 17.0 Å². The van der Waals surface area contributed by atoms with E-state index in [2.05, 4.69) is 17.9 Å². The Kier molecular flexibility index (Phi) is 3.40. The smallest absolute Gasteiger partial charge is 0.225 e. The molecule has 0 N–H and O–H groups in total. The number of halogens is 1. The third-order valence-corrected chi connectivity index (χ3v) is 4.26. The highest BCUT2D eigenvalue weighted by atomic mass is 35.5. The molecule has 1 heterocycles. The predicted molar refractivity (Wildman–Crippen MR) is 77.7 cm³/mol. The number of amides is 1. The molecule has 1 saturated heterocycles. The van der Waals surface area contributed by atoms with Gasteiger partial charge in [0.05, 0.1) is 0 Å². The second kappa shape index (κ2) is 5.04. The highest BCUT2D eigenvalue weighted by Crippen LogP contribution is 2.32. The van der Waals surface area contributed by atoms with Gasteiger partial charge in [0, 0.05) is 42.8 Å². The fourth-order valence-electron chi connectivity index (χ4n) is 2.68. The van der Waals surface area contributed by atoms with Crippen LogP contribution in [-0.2, 0) is 4.79 Å². The number of piperazine rings is 1. The van der Waals surface area contributed by atoms with Crippen molar-refractivity contribution in [2.24, 2.45) is 5.92 Å². The largest absolute Gasteiger partial charge is 0.368 e. The zero-order valence-corrected chi connectivity index (χ0v) is 12.0. The molecular formula is C15H19ClN2O. The number of hydrogen-bond donors (Lipinski definition) is 0. The van der Waals surface area contributed by atoms with Gasteiger partial charge in [-0.2, -0.15) is 0 Å². The molecule has 1 aromatic rings. The first kappa shape index (κ1) is 12.8. The van der Waals surface area contributed by atoms with Gasteiger partial charge < -0.3 is 9.80 Å². The quantitative estimate of drug-likeness (QED) is 0.830. The summed E-state index contributed by atoms with van der Waals surface area (Å²) in [5.74, 6) is 0.696. The molecule has 0 atom stereocenters. The second-order valence-corrected chi connectivity index (χ2v) is 5.95. The molecule has 2 fully saturated rings. The summed E-state index contributed by atoms with van der Waals surface area (Å²) in [6.45, 7) is 5.58. The third kappa shape index (κ3) is 2.71. The standard InChI is InChI=1S/C15H19ClN2O/c1-11-2-5-13(16)10-14(11)17-6-8-18(9-7-17)15(19)12-3-4-12/h2,5,10,12H,3-4,6-9H2,1H3. The SMILES string of the molecule is Cc1ccc(Cl)cc1N1CCN(C(=O)C2CC2)CC1. The molecule has 1 aliphatic carbocycles. The Bertz CT molecular complexity index is 491. The maximum absolute atomic E-state index is 12.0. The summed E-state index contributed by atoms with van der Waals surface area (Å²) in [6.07, 6.45) is 2.18. The topological polar surface area (TPSA) is 23.6 Å². The Morgan fingerprint density at radius 2 is 1.89 bits per heavy atom. The van der Waals surface area contributed by atoms with Crippen LogP contribution < -0.4 is 4.90 Å². The molecule has 0 bridgehead atoms. The number of carbonyl (C=O) groups is 1. The van der Waals surface area contributed by atoms with E-state index in [9.17, 15) is 4.79 Å². The maximum atomic E-state index is 12.0. The highest BCUT2D eigenvalue weighted by Gasteiger charge is 2.34. The van der Waals surface area contributed by atoms with Gasteiger partial charge in [0.25, 0.3) is 0 Å². The van der Waals surface area contributed by atoms with Crippen LogP contribution >= 0.6 is 11.6 Å². The Morgan fingerprint density at radius 3 is 2.53 bits per heavy atom. The Balaban J connectivity index is 1.66. The number of benzene rings is 1. The van der Waals surface area contributed by atoms with E-state index in [-0.39, 0.29) is 0 Å². The van der Waals surface area contributed by atoms with Gasteiger partial charge in [0.15, 0.2) is 0 Å². The number of nitrogens with zero attached hydrogens (tertiary/aromatic N) is 2.